The van der Waals surface area contributed by atoms with Gasteiger partial charge in [-0.05, 0) is 24.0 Å². The summed E-state index contributed by atoms with van der Waals surface area (Å²) in [6.07, 6.45) is 0.801. The third-order valence-corrected chi connectivity index (χ3v) is 3.79. The van der Waals surface area contributed by atoms with Crippen LogP contribution in [0.5, 0.6) is 0 Å². The zero-order valence-electron chi connectivity index (χ0n) is 11.5. The summed E-state index contributed by atoms with van der Waals surface area (Å²) in [5.41, 5.74) is 1.96. The molecule has 2 atom stereocenters. The summed E-state index contributed by atoms with van der Waals surface area (Å²) in [7, 11) is 0. The Morgan fingerprint density at radius 3 is 2.42 bits per heavy atom. The standard InChI is InChI=1S/C15H22O3S/c1-3-4-12-5-7-13(8-6-12)15(18)14(17)9-10-19-11(2)16/h5-8,14-15,17-18H,3-4,9-10H2,1-2H3. The predicted molar refractivity (Wildman–Crippen MR) is 79.2 cm³/mol. The largest absolute Gasteiger partial charge is 0.390 e. The minimum atomic E-state index is -0.886. The van der Waals surface area contributed by atoms with Crippen LogP contribution in [0.25, 0.3) is 0 Å². The van der Waals surface area contributed by atoms with Crippen molar-refractivity contribution >= 4 is 16.9 Å². The minimum Gasteiger partial charge on any atom is -0.390 e. The molecule has 2 unspecified atom stereocenters. The summed E-state index contributed by atoms with van der Waals surface area (Å²) in [5, 5.41) is 19.9. The summed E-state index contributed by atoms with van der Waals surface area (Å²) in [6.45, 7) is 3.62. The number of rotatable bonds is 7. The zero-order chi connectivity index (χ0) is 14.3. The normalized spacial score (nSPS) is 14.1. The molecule has 0 aliphatic heterocycles. The number of hydrogen-bond acceptors (Lipinski definition) is 4. The minimum absolute atomic E-state index is 0.0330. The zero-order valence-corrected chi connectivity index (χ0v) is 12.3. The van der Waals surface area contributed by atoms with Gasteiger partial charge in [0.2, 0.25) is 0 Å². The first-order valence-electron chi connectivity index (χ1n) is 6.63. The second-order valence-electron chi connectivity index (χ2n) is 4.63. The highest BCUT2D eigenvalue weighted by atomic mass is 32.2. The van der Waals surface area contributed by atoms with Gasteiger partial charge in [-0.3, -0.25) is 4.79 Å². The Bertz CT molecular complexity index is 389. The first kappa shape index (κ1) is 16.2. The van der Waals surface area contributed by atoms with E-state index >= 15 is 0 Å². The average Bonchev–Trinajstić information content (AvgIpc) is 2.38. The van der Waals surface area contributed by atoms with Gasteiger partial charge in [0.05, 0.1) is 6.10 Å². The number of aliphatic hydroxyl groups is 2. The van der Waals surface area contributed by atoms with Crippen LogP contribution in [0.1, 0.15) is 43.9 Å². The van der Waals surface area contributed by atoms with Crippen molar-refractivity contribution < 1.29 is 15.0 Å². The Morgan fingerprint density at radius 2 is 1.89 bits per heavy atom. The first-order valence-corrected chi connectivity index (χ1v) is 7.61. The quantitative estimate of drug-likeness (QED) is 0.807. The lowest BCUT2D eigenvalue weighted by atomic mass is 10.0. The summed E-state index contributed by atoms with van der Waals surface area (Å²) in [5.74, 6) is 0.529. The summed E-state index contributed by atoms with van der Waals surface area (Å²) in [4.78, 5) is 10.8. The van der Waals surface area contributed by atoms with Gasteiger partial charge >= 0.3 is 0 Å². The molecule has 0 spiro atoms. The number of thioether (sulfide) groups is 1. The maximum Gasteiger partial charge on any atom is 0.185 e. The molecule has 0 radical (unpaired) electrons. The van der Waals surface area contributed by atoms with E-state index in [-0.39, 0.29) is 5.12 Å². The van der Waals surface area contributed by atoms with Gasteiger partial charge in [0.1, 0.15) is 6.10 Å². The van der Waals surface area contributed by atoms with Crippen molar-refractivity contribution in [2.24, 2.45) is 0 Å². The second kappa shape index (κ2) is 8.35. The fraction of sp³-hybridized carbons (Fsp3) is 0.533. The van der Waals surface area contributed by atoms with Crippen LogP contribution < -0.4 is 0 Å². The summed E-state index contributed by atoms with van der Waals surface area (Å²) in [6, 6.07) is 7.69. The van der Waals surface area contributed by atoms with Crippen LogP contribution in [0.15, 0.2) is 24.3 Å². The third-order valence-electron chi connectivity index (χ3n) is 2.94. The number of hydrogen-bond donors (Lipinski definition) is 2. The van der Waals surface area contributed by atoms with E-state index in [1.165, 1.54) is 24.2 Å². The Morgan fingerprint density at radius 1 is 1.26 bits per heavy atom. The highest BCUT2D eigenvalue weighted by Gasteiger charge is 2.18. The van der Waals surface area contributed by atoms with Crippen LogP contribution in [-0.2, 0) is 11.2 Å². The van der Waals surface area contributed by atoms with E-state index in [1.54, 1.807) is 0 Å². The molecule has 0 aliphatic rings. The van der Waals surface area contributed by atoms with Gasteiger partial charge in [-0.25, -0.2) is 0 Å². The average molecular weight is 282 g/mol. The van der Waals surface area contributed by atoms with Crippen LogP contribution in [0.4, 0.5) is 0 Å². The van der Waals surface area contributed by atoms with Gasteiger partial charge in [0.25, 0.3) is 0 Å². The molecule has 0 saturated heterocycles. The molecule has 0 aliphatic carbocycles. The number of carbonyl (C=O) groups is 1. The van der Waals surface area contributed by atoms with Gasteiger partial charge in [-0.2, -0.15) is 0 Å². The molecule has 1 aromatic carbocycles. The molecule has 3 nitrogen and oxygen atoms in total. The smallest absolute Gasteiger partial charge is 0.185 e. The van der Waals surface area contributed by atoms with Crippen molar-refractivity contribution in [3.8, 4) is 0 Å². The molecule has 0 amide bonds. The van der Waals surface area contributed by atoms with Gasteiger partial charge in [-0.1, -0.05) is 49.4 Å². The molecule has 4 heteroatoms. The monoisotopic (exact) mass is 282 g/mol. The molecule has 1 rings (SSSR count). The lowest BCUT2D eigenvalue weighted by molar-refractivity contribution is -0.109. The SMILES string of the molecule is CCCc1ccc(C(O)C(O)CCSC(C)=O)cc1. The maximum atomic E-state index is 10.8. The predicted octanol–water partition coefficient (Wildman–Crippen LogP) is 2.70. The van der Waals surface area contributed by atoms with Crippen LogP contribution in [0, 0.1) is 0 Å². The van der Waals surface area contributed by atoms with E-state index < -0.39 is 12.2 Å². The van der Waals surface area contributed by atoms with Crippen LogP contribution in [0.2, 0.25) is 0 Å². The van der Waals surface area contributed by atoms with E-state index in [9.17, 15) is 15.0 Å². The van der Waals surface area contributed by atoms with E-state index in [2.05, 4.69) is 6.92 Å². The van der Waals surface area contributed by atoms with E-state index in [0.29, 0.717) is 12.2 Å². The summed E-state index contributed by atoms with van der Waals surface area (Å²) >= 11 is 1.17. The van der Waals surface area contributed by atoms with E-state index in [1.807, 2.05) is 24.3 Å². The van der Waals surface area contributed by atoms with Crippen molar-refractivity contribution in [2.45, 2.75) is 45.3 Å². The highest BCUT2D eigenvalue weighted by Crippen LogP contribution is 2.21. The molecule has 106 valence electrons. The van der Waals surface area contributed by atoms with Crippen molar-refractivity contribution in [3.05, 3.63) is 35.4 Å². The molecule has 0 saturated carbocycles. The van der Waals surface area contributed by atoms with Gasteiger partial charge < -0.3 is 10.2 Å². The van der Waals surface area contributed by atoms with Crippen molar-refractivity contribution in [2.75, 3.05) is 5.75 Å². The molecule has 0 fully saturated rings. The number of benzene rings is 1. The Hall–Kier alpha value is -0.840. The molecular weight excluding hydrogens is 260 g/mol. The Kier molecular flexibility index (Phi) is 7.13. The topological polar surface area (TPSA) is 57.5 Å². The fourth-order valence-electron chi connectivity index (χ4n) is 1.87. The van der Waals surface area contributed by atoms with Crippen LogP contribution in [0.3, 0.4) is 0 Å². The van der Waals surface area contributed by atoms with Gasteiger partial charge in [0.15, 0.2) is 5.12 Å². The van der Waals surface area contributed by atoms with Crippen LogP contribution in [-0.4, -0.2) is 27.2 Å². The van der Waals surface area contributed by atoms with E-state index in [4.69, 9.17) is 0 Å². The number of carbonyl (C=O) groups excluding carboxylic acids is 1. The van der Waals surface area contributed by atoms with Crippen molar-refractivity contribution in [1.29, 1.82) is 0 Å². The number of aliphatic hydroxyl groups excluding tert-OH is 2. The molecule has 19 heavy (non-hydrogen) atoms. The molecule has 0 aromatic heterocycles. The third kappa shape index (κ3) is 5.76. The van der Waals surface area contributed by atoms with Gasteiger partial charge in [-0.15, -0.1) is 0 Å². The van der Waals surface area contributed by atoms with Gasteiger partial charge in [0, 0.05) is 12.7 Å². The fourth-order valence-corrected chi connectivity index (χ4v) is 2.52. The lowest BCUT2D eigenvalue weighted by Gasteiger charge is -2.18. The molecule has 2 N–H and O–H groups in total. The Labute approximate surface area is 119 Å². The van der Waals surface area contributed by atoms with Crippen molar-refractivity contribution in [3.63, 3.8) is 0 Å². The maximum absolute atomic E-state index is 10.8. The Balaban J connectivity index is 2.51. The summed E-state index contributed by atoms with van der Waals surface area (Å²) < 4.78 is 0. The molecule has 0 bridgehead atoms. The van der Waals surface area contributed by atoms with Crippen molar-refractivity contribution in [1.82, 2.24) is 0 Å². The highest BCUT2D eigenvalue weighted by molar-refractivity contribution is 8.13. The van der Waals surface area contributed by atoms with Crippen LogP contribution >= 0.6 is 11.8 Å². The lowest BCUT2D eigenvalue weighted by Crippen LogP contribution is -2.19. The second-order valence-corrected chi connectivity index (χ2v) is 5.90. The molecule has 1 aromatic rings. The van der Waals surface area contributed by atoms with E-state index in [0.717, 1.165) is 18.4 Å². The molecule has 0 heterocycles. The molecular formula is C15H22O3S. The number of aryl methyl sites for hydroxylation is 1. The first-order chi connectivity index (χ1) is 9.04.